The van der Waals surface area contributed by atoms with E-state index in [0.717, 1.165) is 27.2 Å². The second-order valence-corrected chi connectivity index (χ2v) is 5.34. The first-order valence-electron chi connectivity index (χ1n) is 5.84. The predicted molar refractivity (Wildman–Crippen MR) is 79.3 cm³/mol. The van der Waals surface area contributed by atoms with Crippen molar-refractivity contribution in [1.82, 2.24) is 0 Å². The Morgan fingerprint density at radius 1 is 1.11 bits per heavy atom. The fraction of sp³-hybridized carbons (Fsp3) is 0.200. The molecule has 2 rings (SSSR count). The zero-order chi connectivity index (χ0) is 13.0. The summed E-state index contributed by atoms with van der Waals surface area (Å²) in [6.07, 6.45) is 1.04. The molecule has 0 amide bonds. The zero-order valence-electron chi connectivity index (χ0n) is 10.1. The van der Waals surface area contributed by atoms with Crippen molar-refractivity contribution >= 4 is 27.5 Å². The Balaban J connectivity index is 2.02. The largest absolute Gasteiger partial charge is 0.489 e. The minimum absolute atomic E-state index is 0.484. The molecule has 0 N–H and O–H groups in total. The van der Waals surface area contributed by atoms with E-state index in [4.69, 9.17) is 16.3 Å². The van der Waals surface area contributed by atoms with Gasteiger partial charge in [-0.25, -0.2) is 0 Å². The van der Waals surface area contributed by atoms with Crippen molar-refractivity contribution in [1.29, 1.82) is 0 Å². The fourth-order valence-corrected chi connectivity index (χ4v) is 2.35. The first kappa shape index (κ1) is 13.4. The van der Waals surface area contributed by atoms with Gasteiger partial charge in [0.05, 0.1) is 0 Å². The van der Waals surface area contributed by atoms with Crippen molar-refractivity contribution in [3.8, 4) is 5.75 Å². The lowest BCUT2D eigenvalue weighted by molar-refractivity contribution is 0.306. The highest BCUT2D eigenvalue weighted by Gasteiger charge is 2.02. The Hall–Kier alpha value is -0.990. The van der Waals surface area contributed by atoms with Crippen LogP contribution >= 0.6 is 27.5 Å². The van der Waals surface area contributed by atoms with E-state index in [2.05, 4.69) is 35.0 Å². The molecule has 2 aromatic carbocycles. The van der Waals surface area contributed by atoms with Crippen LogP contribution in [0.3, 0.4) is 0 Å². The van der Waals surface area contributed by atoms with E-state index in [-0.39, 0.29) is 0 Å². The summed E-state index contributed by atoms with van der Waals surface area (Å²) in [5.41, 5.74) is 2.29. The van der Waals surface area contributed by atoms with Crippen LogP contribution in [0.15, 0.2) is 46.9 Å². The topological polar surface area (TPSA) is 9.23 Å². The monoisotopic (exact) mass is 324 g/mol. The number of benzene rings is 2. The van der Waals surface area contributed by atoms with Crippen molar-refractivity contribution in [3.05, 3.63) is 63.1 Å². The Kier molecular flexibility index (Phi) is 4.67. The van der Waals surface area contributed by atoms with Crippen LogP contribution < -0.4 is 4.74 Å². The summed E-state index contributed by atoms with van der Waals surface area (Å²) in [5.74, 6) is 0.867. The van der Waals surface area contributed by atoms with E-state index < -0.39 is 0 Å². The third kappa shape index (κ3) is 3.50. The highest BCUT2D eigenvalue weighted by Crippen LogP contribution is 2.23. The molecular formula is C15H14BrClO. The number of ether oxygens (including phenoxy) is 1. The maximum absolute atomic E-state index is 6.13. The third-order valence-electron chi connectivity index (χ3n) is 2.74. The van der Waals surface area contributed by atoms with E-state index in [1.807, 2.05) is 30.3 Å². The summed E-state index contributed by atoms with van der Waals surface area (Å²) in [5, 5.41) is 0.717. The van der Waals surface area contributed by atoms with Crippen molar-refractivity contribution in [2.75, 3.05) is 0 Å². The predicted octanol–water partition coefficient (Wildman–Crippen LogP) is 5.24. The van der Waals surface area contributed by atoms with Gasteiger partial charge in [0.15, 0.2) is 0 Å². The zero-order valence-corrected chi connectivity index (χ0v) is 12.5. The van der Waals surface area contributed by atoms with Gasteiger partial charge in [-0.1, -0.05) is 52.7 Å². The average Bonchev–Trinajstić information content (AvgIpc) is 2.38. The van der Waals surface area contributed by atoms with E-state index in [1.54, 1.807) is 0 Å². The maximum Gasteiger partial charge on any atom is 0.119 e. The van der Waals surface area contributed by atoms with Crippen molar-refractivity contribution in [2.24, 2.45) is 0 Å². The molecule has 0 atom stereocenters. The molecule has 0 bridgehead atoms. The summed E-state index contributed by atoms with van der Waals surface area (Å²) >= 11 is 9.52. The summed E-state index contributed by atoms with van der Waals surface area (Å²) in [6.45, 7) is 2.62. The molecule has 0 aliphatic carbocycles. The van der Waals surface area contributed by atoms with Crippen LogP contribution in [0.4, 0.5) is 0 Å². The maximum atomic E-state index is 6.13. The Morgan fingerprint density at radius 2 is 1.83 bits per heavy atom. The molecule has 3 heteroatoms. The molecule has 1 nitrogen and oxygen atoms in total. The number of halogens is 2. The molecule has 0 spiro atoms. The molecule has 0 fully saturated rings. The summed E-state index contributed by atoms with van der Waals surface area (Å²) in [4.78, 5) is 0. The van der Waals surface area contributed by atoms with Gasteiger partial charge >= 0.3 is 0 Å². The van der Waals surface area contributed by atoms with Crippen molar-refractivity contribution in [3.63, 3.8) is 0 Å². The lowest BCUT2D eigenvalue weighted by atomic mass is 10.2. The van der Waals surface area contributed by atoms with Crippen LogP contribution in [0, 0.1) is 0 Å². The Bertz CT molecular complexity index is 523. The quantitative estimate of drug-likeness (QED) is 0.746. The molecule has 0 radical (unpaired) electrons. The fourth-order valence-electron chi connectivity index (χ4n) is 1.62. The standard InChI is InChI=1S/C15H14BrClO/c1-2-11-3-7-14(8-4-11)18-10-12-5-6-13(16)9-15(12)17/h3-9H,2,10H2,1H3. The number of hydrogen-bond donors (Lipinski definition) is 0. The van der Waals surface area contributed by atoms with Crippen LogP contribution in [0.2, 0.25) is 5.02 Å². The Morgan fingerprint density at radius 3 is 2.44 bits per heavy atom. The van der Waals surface area contributed by atoms with Crippen LogP contribution in [0.1, 0.15) is 18.1 Å². The van der Waals surface area contributed by atoms with Gasteiger partial charge in [0.1, 0.15) is 12.4 Å². The molecule has 18 heavy (non-hydrogen) atoms. The minimum atomic E-state index is 0.484. The number of hydrogen-bond acceptors (Lipinski definition) is 1. The van der Waals surface area contributed by atoms with E-state index in [0.29, 0.717) is 6.61 Å². The highest BCUT2D eigenvalue weighted by molar-refractivity contribution is 9.10. The van der Waals surface area contributed by atoms with Gasteiger partial charge in [-0.2, -0.15) is 0 Å². The molecule has 2 aromatic rings. The number of aryl methyl sites for hydroxylation is 1. The second-order valence-electron chi connectivity index (χ2n) is 4.02. The van der Waals surface area contributed by atoms with Gasteiger partial charge in [-0.05, 0) is 36.2 Å². The molecule has 0 aliphatic rings. The first-order valence-corrected chi connectivity index (χ1v) is 7.02. The molecule has 0 saturated heterocycles. The normalized spacial score (nSPS) is 10.4. The molecular weight excluding hydrogens is 312 g/mol. The molecule has 94 valence electrons. The minimum Gasteiger partial charge on any atom is -0.489 e. The van der Waals surface area contributed by atoms with E-state index in [9.17, 15) is 0 Å². The van der Waals surface area contributed by atoms with Crippen LogP contribution in [-0.2, 0) is 13.0 Å². The summed E-state index contributed by atoms with van der Waals surface area (Å²) in [6, 6.07) is 14.0. The van der Waals surface area contributed by atoms with Gasteiger partial charge in [-0.3, -0.25) is 0 Å². The first-order chi connectivity index (χ1) is 8.69. The lowest BCUT2D eigenvalue weighted by Gasteiger charge is -2.08. The van der Waals surface area contributed by atoms with Crippen LogP contribution in [0.5, 0.6) is 5.75 Å². The van der Waals surface area contributed by atoms with Crippen molar-refractivity contribution in [2.45, 2.75) is 20.0 Å². The Labute approximate surface area is 121 Å². The third-order valence-corrected chi connectivity index (χ3v) is 3.59. The van der Waals surface area contributed by atoms with Crippen LogP contribution in [0.25, 0.3) is 0 Å². The second kappa shape index (κ2) is 6.26. The molecule has 0 heterocycles. The molecule has 0 saturated carbocycles. The van der Waals surface area contributed by atoms with Gasteiger partial charge in [0, 0.05) is 15.1 Å². The van der Waals surface area contributed by atoms with E-state index >= 15 is 0 Å². The molecule has 0 aromatic heterocycles. The van der Waals surface area contributed by atoms with Crippen molar-refractivity contribution < 1.29 is 4.74 Å². The smallest absolute Gasteiger partial charge is 0.119 e. The van der Waals surface area contributed by atoms with Gasteiger partial charge in [0.2, 0.25) is 0 Å². The molecule has 0 unspecified atom stereocenters. The SMILES string of the molecule is CCc1ccc(OCc2ccc(Br)cc2Cl)cc1. The number of rotatable bonds is 4. The average molecular weight is 326 g/mol. The highest BCUT2D eigenvalue weighted by atomic mass is 79.9. The molecule has 0 aliphatic heterocycles. The van der Waals surface area contributed by atoms with E-state index in [1.165, 1.54) is 5.56 Å². The van der Waals surface area contributed by atoms with Gasteiger partial charge in [0.25, 0.3) is 0 Å². The lowest BCUT2D eigenvalue weighted by Crippen LogP contribution is -1.96. The van der Waals surface area contributed by atoms with Crippen LogP contribution in [-0.4, -0.2) is 0 Å². The van der Waals surface area contributed by atoms with Gasteiger partial charge in [-0.15, -0.1) is 0 Å². The summed E-state index contributed by atoms with van der Waals surface area (Å²) < 4.78 is 6.69. The van der Waals surface area contributed by atoms with Gasteiger partial charge < -0.3 is 4.74 Å². The summed E-state index contributed by atoms with van der Waals surface area (Å²) in [7, 11) is 0.